The molecular weight excluding hydrogens is 348 g/mol. The topological polar surface area (TPSA) is 130 Å². The van der Waals surface area contributed by atoms with Crippen LogP contribution in [0.1, 0.15) is 19.8 Å². The number of carboxylic acids is 1. The van der Waals surface area contributed by atoms with E-state index in [-0.39, 0.29) is 4.90 Å². The maximum absolute atomic E-state index is 12.3. The lowest BCUT2D eigenvalue weighted by Crippen LogP contribution is -2.34. The number of rotatable bonds is 5. The summed E-state index contributed by atoms with van der Waals surface area (Å²) < 4.78 is 25.5. The Morgan fingerprint density at radius 3 is 2.12 bits per heavy atom. The molecule has 1 aromatic carbocycles. The van der Waals surface area contributed by atoms with E-state index >= 15 is 0 Å². The molecule has 0 bridgehead atoms. The van der Waals surface area contributed by atoms with Gasteiger partial charge in [-0.15, -0.1) is 0 Å². The molecular formula is C16H18N2O6S. The Bertz CT molecular complexity index is 814. The largest absolute Gasteiger partial charge is 0.481 e. The van der Waals surface area contributed by atoms with Gasteiger partial charge in [0.15, 0.2) is 0 Å². The summed E-state index contributed by atoms with van der Waals surface area (Å²) in [4.78, 5) is 34.4. The van der Waals surface area contributed by atoms with Crippen LogP contribution in [0.25, 0.3) is 0 Å². The van der Waals surface area contributed by atoms with Crippen LogP contribution in [-0.2, 0) is 24.4 Å². The molecule has 2 rings (SSSR count). The van der Waals surface area contributed by atoms with Crippen molar-refractivity contribution in [3.05, 3.63) is 36.4 Å². The lowest BCUT2D eigenvalue weighted by Gasteiger charge is -2.24. The number of aliphatic carboxylic acids is 1. The van der Waals surface area contributed by atoms with Gasteiger partial charge in [-0.1, -0.05) is 12.2 Å². The van der Waals surface area contributed by atoms with Crippen molar-refractivity contribution in [3.63, 3.8) is 0 Å². The molecule has 0 saturated heterocycles. The quantitative estimate of drug-likeness (QED) is 0.670. The van der Waals surface area contributed by atoms with Crippen molar-refractivity contribution < 1.29 is 27.9 Å². The molecule has 0 saturated carbocycles. The number of sulfonamides is 1. The number of carboxylic acid groups (broad SMARTS) is 1. The van der Waals surface area contributed by atoms with Crippen molar-refractivity contribution in [1.82, 2.24) is 4.72 Å². The summed E-state index contributed by atoms with van der Waals surface area (Å²) in [7, 11) is -3.94. The van der Waals surface area contributed by atoms with Crippen molar-refractivity contribution in [2.24, 2.45) is 11.8 Å². The molecule has 9 heteroatoms. The third-order valence-electron chi connectivity index (χ3n) is 3.80. The number of hydrogen-bond acceptors (Lipinski definition) is 5. The summed E-state index contributed by atoms with van der Waals surface area (Å²) in [5, 5.41) is 11.8. The van der Waals surface area contributed by atoms with Gasteiger partial charge in [0.25, 0.3) is 10.0 Å². The van der Waals surface area contributed by atoms with Gasteiger partial charge in [0.05, 0.1) is 16.7 Å². The Hall–Kier alpha value is -2.68. The van der Waals surface area contributed by atoms with Crippen LogP contribution in [0.2, 0.25) is 0 Å². The highest BCUT2D eigenvalue weighted by Gasteiger charge is 2.33. The average molecular weight is 366 g/mol. The monoisotopic (exact) mass is 366 g/mol. The van der Waals surface area contributed by atoms with E-state index in [0.717, 1.165) is 6.92 Å². The van der Waals surface area contributed by atoms with Crippen molar-refractivity contribution in [1.29, 1.82) is 0 Å². The second-order valence-electron chi connectivity index (χ2n) is 5.67. The van der Waals surface area contributed by atoms with E-state index in [0.29, 0.717) is 18.5 Å². The van der Waals surface area contributed by atoms with Gasteiger partial charge in [0, 0.05) is 12.6 Å². The van der Waals surface area contributed by atoms with Gasteiger partial charge in [0.2, 0.25) is 11.8 Å². The predicted octanol–water partition coefficient (Wildman–Crippen LogP) is 1.12. The van der Waals surface area contributed by atoms with E-state index in [2.05, 4.69) is 5.32 Å². The minimum atomic E-state index is -3.94. The van der Waals surface area contributed by atoms with Crippen LogP contribution in [0, 0.1) is 11.8 Å². The van der Waals surface area contributed by atoms with Crippen molar-refractivity contribution in [3.8, 4) is 0 Å². The first-order chi connectivity index (χ1) is 11.7. The minimum Gasteiger partial charge on any atom is -0.481 e. The molecule has 0 heterocycles. The fourth-order valence-electron chi connectivity index (χ4n) is 2.58. The molecule has 25 heavy (non-hydrogen) atoms. The van der Waals surface area contributed by atoms with E-state index < -0.39 is 39.6 Å². The molecule has 0 aromatic heterocycles. The number of benzene rings is 1. The number of carbonyl (C=O) groups is 3. The van der Waals surface area contributed by atoms with Crippen LogP contribution >= 0.6 is 0 Å². The fourth-order valence-corrected chi connectivity index (χ4v) is 3.57. The lowest BCUT2D eigenvalue weighted by atomic mass is 9.82. The average Bonchev–Trinajstić information content (AvgIpc) is 2.54. The molecule has 1 aromatic rings. The van der Waals surface area contributed by atoms with E-state index in [9.17, 15) is 27.9 Å². The Morgan fingerprint density at radius 2 is 1.60 bits per heavy atom. The zero-order valence-electron chi connectivity index (χ0n) is 13.4. The Morgan fingerprint density at radius 1 is 1.04 bits per heavy atom. The highest BCUT2D eigenvalue weighted by Crippen LogP contribution is 2.27. The Labute approximate surface area is 145 Å². The maximum Gasteiger partial charge on any atom is 0.307 e. The molecule has 0 fully saturated rings. The molecule has 134 valence electrons. The molecule has 2 atom stereocenters. The number of hydrogen-bond donors (Lipinski definition) is 3. The van der Waals surface area contributed by atoms with Crippen LogP contribution < -0.4 is 10.0 Å². The van der Waals surface area contributed by atoms with Crippen LogP contribution in [-0.4, -0.2) is 31.3 Å². The van der Waals surface area contributed by atoms with Gasteiger partial charge >= 0.3 is 5.97 Å². The zero-order chi connectivity index (χ0) is 18.6. The molecule has 0 unspecified atom stereocenters. The van der Waals surface area contributed by atoms with Crippen molar-refractivity contribution in [2.45, 2.75) is 24.7 Å². The first-order valence-corrected chi connectivity index (χ1v) is 9.01. The van der Waals surface area contributed by atoms with E-state index in [1.54, 1.807) is 12.2 Å². The zero-order valence-corrected chi connectivity index (χ0v) is 14.2. The standard InChI is InChI=1S/C16H18N2O6S/c1-10(19)18-25(23,24)12-8-6-11(7-9-12)17-15(20)13-4-2-3-5-14(13)16(21)22/h2-3,6-9,13-14H,4-5H2,1H3,(H,17,20)(H,18,19)(H,21,22)/t13-,14+/m1/s1. The smallest absolute Gasteiger partial charge is 0.307 e. The van der Waals surface area contributed by atoms with Crippen LogP contribution in [0.3, 0.4) is 0 Å². The highest BCUT2D eigenvalue weighted by molar-refractivity contribution is 7.90. The summed E-state index contributed by atoms with van der Waals surface area (Å²) >= 11 is 0. The Balaban J connectivity index is 2.10. The maximum atomic E-state index is 12.3. The van der Waals surface area contributed by atoms with Crippen LogP contribution in [0.5, 0.6) is 0 Å². The number of carbonyl (C=O) groups excluding carboxylic acids is 2. The summed E-state index contributed by atoms with van der Waals surface area (Å²) in [5.41, 5.74) is 0.338. The highest BCUT2D eigenvalue weighted by atomic mass is 32.2. The van der Waals surface area contributed by atoms with E-state index in [1.165, 1.54) is 24.3 Å². The summed E-state index contributed by atoms with van der Waals surface area (Å²) in [6, 6.07) is 5.24. The first-order valence-electron chi connectivity index (χ1n) is 7.53. The molecule has 0 radical (unpaired) electrons. The van der Waals surface area contributed by atoms with Gasteiger partial charge in [-0.3, -0.25) is 14.4 Å². The predicted molar refractivity (Wildman–Crippen MR) is 89.1 cm³/mol. The van der Waals surface area contributed by atoms with Gasteiger partial charge in [-0.2, -0.15) is 0 Å². The molecule has 3 N–H and O–H groups in total. The van der Waals surface area contributed by atoms with Crippen LogP contribution in [0.15, 0.2) is 41.3 Å². The van der Waals surface area contributed by atoms with Crippen molar-refractivity contribution in [2.75, 3.05) is 5.32 Å². The minimum absolute atomic E-state index is 0.121. The first kappa shape index (κ1) is 18.7. The summed E-state index contributed by atoms with van der Waals surface area (Å²) in [6.45, 7) is 1.09. The van der Waals surface area contributed by atoms with E-state index in [4.69, 9.17) is 0 Å². The number of nitrogens with one attached hydrogen (secondary N) is 2. The summed E-state index contributed by atoms with van der Waals surface area (Å²) in [5.74, 6) is -3.65. The molecule has 1 aliphatic rings. The normalized spacial score (nSPS) is 19.9. The van der Waals surface area contributed by atoms with Crippen LogP contribution in [0.4, 0.5) is 5.69 Å². The van der Waals surface area contributed by atoms with Gasteiger partial charge in [-0.25, -0.2) is 13.1 Å². The third-order valence-corrected chi connectivity index (χ3v) is 5.25. The Kier molecular flexibility index (Phi) is 5.58. The number of allylic oxidation sites excluding steroid dienone is 2. The van der Waals surface area contributed by atoms with Gasteiger partial charge in [0.1, 0.15) is 0 Å². The summed E-state index contributed by atoms with van der Waals surface area (Å²) in [6.07, 6.45) is 4.14. The fraction of sp³-hybridized carbons (Fsp3) is 0.312. The van der Waals surface area contributed by atoms with Gasteiger partial charge < -0.3 is 10.4 Å². The molecule has 1 aliphatic carbocycles. The number of amides is 2. The van der Waals surface area contributed by atoms with Crippen molar-refractivity contribution >= 4 is 33.5 Å². The molecule has 0 aliphatic heterocycles. The van der Waals surface area contributed by atoms with E-state index in [1.807, 2.05) is 4.72 Å². The molecule has 8 nitrogen and oxygen atoms in total. The van der Waals surface area contributed by atoms with Gasteiger partial charge in [-0.05, 0) is 37.1 Å². The number of anilines is 1. The SMILES string of the molecule is CC(=O)NS(=O)(=O)c1ccc(NC(=O)[C@@H]2CC=CC[C@@H]2C(=O)O)cc1. The third kappa shape index (κ3) is 4.66. The molecule has 0 spiro atoms. The second kappa shape index (κ2) is 7.47. The lowest BCUT2D eigenvalue weighted by molar-refractivity contribution is -0.146. The molecule has 2 amide bonds. The second-order valence-corrected chi connectivity index (χ2v) is 7.35.